The number of hydrogen-bond donors (Lipinski definition) is 2. The van der Waals surface area contributed by atoms with Gasteiger partial charge in [0.2, 0.25) is 11.7 Å². The summed E-state index contributed by atoms with van der Waals surface area (Å²) in [6.45, 7) is 2.58. The monoisotopic (exact) mass is 735 g/mol. The molecule has 0 spiro atoms. The summed E-state index contributed by atoms with van der Waals surface area (Å²) >= 11 is 7.99. The van der Waals surface area contributed by atoms with E-state index >= 15 is 0 Å². The molecule has 0 radical (unpaired) electrons. The lowest BCUT2D eigenvalue weighted by atomic mass is 10.0. The number of β-lactam (4-membered cyclic amide) rings is 1. The standard InChI is InChI=1S/C33H29N5O9S3/c1-17-15-49-30-25(29(41)38(30)26(17)31(48)43-13-22-18(2)45-33(42)46-22)36-28(40)24(21-16-50-32(34)35-21)37-44-14-23(39)47-27(19-9-5-3-6-10-19)20-11-7-4-8-12-20/h3-12,16,25,27,30H,13-15H2,1-2H3,(H2,34,35)(H,36,40)/t25?,30-/m1/s1. The van der Waals surface area contributed by atoms with E-state index in [1.807, 2.05) is 67.6 Å². The van der Waals surface area contributed by atoms with Crippen LogP contribution in [0.2, 0.25) is 0 Å². The molecule has 2 amide bonds. The fourth-order valence-corrected chi connectivity index (χ4v) is 7.35. The number of nitrogens with one attached hydrogen (secondary N) is 1. The van der Waals surface area contributed by atoms with Gasteiger partial charge in [-0.25, -0.2) is 14.6 Å². The lowest BCUT2D eigenvalue weighted by molar-refractivity contribution is -0.153. The number of carbonyl (C=O) groups is 3. The van der Waals surface area contributed by atoms with Crippen LogP contribution in [0.3, 0.4) is 0 Å². The van der Waals surface area contributed by atoms with Crippen LogP contribution in [0.5, 0.6) is 0 Å². The molecule has 3 N–H and O–H groups in total. The van der Waals surface area contributed by atoms with Crippen molar-refractivity contribution in [2.75, 3.05) is 18.1 Å². The van der Waals surface area contributed by atoms with Gasteiger partial charge < -0.3 is 34.2 Å². The number of nitrogen functional groups attached to an aromatic ring is 1. The Labute approximate surface area is 298 Å². The van der Waals surface area contributed by atoms with Crippen LogP contribution >= 0.6 is 35.3 Å². The Bertz CT molecular complexity index is 2000. The molecule has 2 aliphatic heterocycles. The van der Waals surface area contributed by atoms with Crippen molar-refractivity contribution in [3.8, 4) is 0 Å². The lowest BCUT2D eigenvalue weighted by Gasteiger charge is -2.50. The number of esters is 1. The molecule has 50 heavy (non-hydrogen) atoms. The number of carbonyl (C=O) groups excluding carboxylic acids is 3. The number of amides is 2. The van der Waals surface area contributed by atoms with Crippen molar-refractivity contribution in [3.05, 3.63) is 116 Å². The van der Waals surface area contributed by atoms with Gasteiger partial charge in [-0.05, 0) is 42.8 Å². The van der Waals surface area contributed by atoms with Gasteiger partial charge in [0.05, 0.1) is 5.70 Å². The average molecular weight is 736 g/mol. The van der Waals surface area contributed by atoms with Crippen LogP contribution in [-0.2, 0) is 35.3 Å². The highest BCUT2D eigenvalue weighted by molar-refractivity contribution is 8.00. The van der Waals surface area contributed by atoms with Crippen LogP contribution in [0.25, 0.3) is 0 Å². The number of thiazole rings is 1. The minimum Gasteiger partial charge on any atom is -0.474 e. The summed E-state index contributed by atoms with van der Waals surface area (Å²) in [6, 6.07) is 17.5. The first-order chi connectivity index (χ1) is 24.1. The average Bonchev–Trinajstić information content (AvgIpc) is 3.69. The van der Waals surface area contributed by atoms with Gasteiger partial charge in [0.1, 0.15) is 17.1 Å². The highest BCUT2D eigenvalue weighted by Crippen LogP contribution is 2.41. The topological polar surface area (TPSA) is 189 Å². The summed E-state index contributed by atoms with van der Waals surface area (Å²) in [6.07, 6.45) is -0.699. The van der Waals surface area contributed by atoms with Crippen molar-refractivity contribution >= 4 is 69.0 Å². The van der Waals surface area contributed by atoms with Gasteiger partial charge in [0.15, 0.2) is 35.1 Å². The molecule has 4 heterocycles. The van der Waals surface area contributed by atoms with Crippen molar-refractivity contribution in [2.45, 2.75) is 38.0 Å². The maximum Gasteiger partial charge on any atom is 0.519 e. The highest BCUT2D eigenvalue weighted by atomic mass is 32.2. The number of fused-ring (bicyclic) bond motifs is 1. The van der Waals surface area contributed by atoms with E-state index in [9.17, 15) is 19.2 Å². The normalized spacial score (nSPS) is 17.2. The Balaban J connectivity index is 1.12. The number of thiocarbonyl (C=S) groups is 1. The van der Waals surface area contributed by atoms with E-state index in [0.717, 1.165) is 28.0 Å². The number of nitrogens with zero attached hydrogens (tertiary/aromatic N) is 3. The molecular weight excluding hydrogens is 707 g/mol. The van der Waals surface area contributed by atoms with Crippen molar-refractivity contribution in [1.82, 2.24) is 15.2 Å². The van der Waals surface area contributed by atoms with Crippen molar-refractivity contribution in [1.29, 1.82) is 0 Å². The van der Waals surface area contributed by atoms with E-state index in [1.54, 1.807) is 6.92 Å². The van der Waals surface area contributed by atoms with Crippen LogP contribution in [0, 0.1) is 6.92 Å². The number of oxime groups is 1. The number of hydrogen-bond acceptors (Lipinski definition) is 15. The first-order valence-electron chi connectivity index (χ1n) is 15.0. The summed E-state index contributed by atoms with van der Waals surface area (Å²) in [5, 5.41) is 7.83. The number of rotatable bonds is 12. The maximum absolute atomic E-state index is 13.6. The van der Waals surface area contributed by atoms with Crippen LogP contribution < -0.4 is 16.9 Å². The smallest absolute Gasteiger partial charge is 0.474 e. The maximum atomic E-state index is 13.6. The predicted molar refractivity (Wildman–Crippen MR) is 187 cm³/mol. The van der Waals surface area contributed by atoms with Crippen molar-refractivity contribution in [3.63, 3.8) is 0 Å². The van der Waals surface area contributed by atoms with Crippen LogP contribution in [0.15, 0.2) is 96.1 Å². The van der Waals surface area contributed by atoms with Crippen molar-refractivity contribution in [2.24, 2.45) is 5.16 Å². The van der Waals surface area contributed by atoms with Crippen LogP contribution in [0.4, 0.5) is 5.13 Å². The lowest BCUT2D eigenvalue weighted by Crippen LogP contribution is -2.71. The molecule has 0 aliphatic carbocycles. The molecular formula is C33H29N5O9S3. The van der Waals surface area contributed by atoms with Crippen LogP contribution in [-0.4, -0.2) is 62.2 Å². The number of benzene rings is 2. The van der Waals surface area contributed by atoms with E-state index in [0.29, 0.717) is 11.4 Å². The molecule has 2 aromatic heterocycles. The molecule has 2 aromatic carbocycles. The fraction of sp³-hybridized carbons (Fsp3) is 0.242. The third-order valence-electron chi connectivity index (χ3n) is 7.58. The Morgan fingerprint density at radius 2 is 1.78 bits per heavy atom. The van der Waals surface area contributed by atoms with Gasteiger partial charge in [-0.2, -0.15) is 0 Å². The third kappa shape index (κ3) is 7.49. The molecule has 258 valence electrons. The summed E-state index contributed by atoms with van der Waals surface area (Å²) < 4.78 is 21.3. The zero-order valence-electron chi connectivity index (χ0n) is 26.5. The molecule has 1 saturated heterocycles. The number of aryl methyl sites for hydroxylation is 1. The number of nitrogens with two attached hydrogens (primary N) is 1. The van der Waals surface area contributed by atoms with Gasteiger partial charge in [-0.1, -0.05) is 65.8 Å². The van der Waals surface area contributed by atoms with E-state index in [4.69, 9.17) is 41.1 Å². The third-order valence-corrected chi connectivity index (χ3v) is 9.99. The van der Waals surface area contributed by atoms with E-state index in [1.165, 1.54) is 22.0 Å². The van der Waals surface area contributed by atoms with Gasteiger partial charge in [-0.3, -0.25) is 14.5 Å². The number of ether oxygens (including phenoxy) is 2. The highest BCUT2D eigenvalue weighted by Gasteiger charge is 2.53. The van der Waals surface area contributed by atoms with Crippen molar-refractivity contribution < 1.29 is 37.5 Å². The second-order valence-electron chi connectivity index (χ2n) is 11.0. The zero-order chi connectivity index (χ0) is 35.4. The molecule has 0 bridgehead atoms. The molecule has 17 heteroatoms. The number of thioether (sulfide) groups is 1. The zero-order valence-corrected chi connectivity index (χ0v) is 29.0. The second-order valence-corrected chi connectivity index (χ2v) is 13.3. The van der Waals surface area contributed by atoms with Crippen LogP contribution in [0.1, 0.15) is 41.4 Å². The molecule has 6 rings (SSSR count). The molecule has 4 aromatic rings. The van der Waals surface area contributed by atoms with Gasteiger partial charge in [0, 0.05) is 11.1 Å². The Kier molecular flexibility index (Phi) is 10.4. The number of aromatic nitrogens is 1. The van der Waals surface area contributed by atoms with Gasteiger partial charge in [0.25, 0.3) is 11.8 Å². The molecule has 1 unspecified atom stereocenters. The fourth-order valence-electron chi connectivity index (χ4n) is 5.18. The van der Waals surface area contributed by atoms with Gasteiger partial charge in [-0.15, -0.1) is 23.1 Å². The number of anilines is 1. The van der Waals surface area contributed by atoms with Gasteiger partial charge >= 0.3 is 11.8 Å². The Morgan fingerprint density at radius 3 is 2.38 bits per heavy atom. The molecule has 2 aliphatic rings. The SMILES string of the molecule is CC1=C(C(=S)OCc2oc(=O)oc2C)N2C(=O)C(NC(=O)C(=NOCC(=O)OC(c3ccccc3)c3ccccc3)c3csc(N)n3)[C@H]2SC1. The van der Waals surface area contributed by atoms with E-state index in [2.05, 4.69) is 15.5 Å². The van der Waals surface area contributed by atoms with E-state index < -0.39 is 47.7 Å². The summed E-state index contributed by atoms with van der Waals surface area (Å²) in [7, 11) is 0. The molecule has 1 fully saturated rings. The minimum absolute atomic E-state index is 0.0245. The molecule has 0 saturated carbocycles. The largest absolute Gasteiger partial charge is 0.519 e. The summed E-state index contributed by atoms with van der Waals surface area (Å²) in [4.78, 5) is 62.2. The first-order valence-corrected chi connectivity index (χ1v) is 17.4. The minimum atomic E-state index is -0.948. The first kappa shape index (κ1) is 34.6. The molecule has 2 atom stereocenters. The molecule has 14 nitrogen and oxygen atoms in total. The second kappa shape index (κ2) is 15.1. The predicted octanol–water partition coefficient (Wildman–Crippen LogP) is 3.85. The Morgan fingerprint density at radius 1 is 1.10 bits per heavy atom. The quantitative estimate of drug-likeness (QED) is 0.0703. The Hall–Kier alpha value is -5.26. The summed E-state index contributed by atoms with van der Waals surface area (Å²) in [5.74, 6) is -1.86. The van der Waals surface area contributed by atoms with E-state index in [-0.39, 0.29) is 39.7 Å². The summed E-state index contributed by atoms with van der Waals surface area (Å²) in [5.41, 5.74) is 8.34.